The first-order valence-corrected chi connectivity index (χ1v) is 4.98. The van der Waals surface area contributed by atoms with Crippen LogP contribution in [0.3, 0.4) is 0 Å². The van der Waals surface area contributed by atoms with E-state index in [-0.39, 0.29) is 0 Å². The third-order valence-corrected chi connectivity index (χ3v) is 2.10. The highest BCUT2D eigenvalue weighted by Crippen LogP contribution is 2.11. The summed E-state index contributed by atoms with van der Waals surface area (Å²) >= 11 is 11.3. The van der Waals surface area contributed by atoms with Gasteiger partial charge in [0.2, 0.25) is 0 Å². The molecule has 0 radical (unpaired) electrons. The Hall–Kier alpha value is -0.250. The molecule has 74 valence electrons. The van der Waals surface area contributed by atoms with Gasteiger partial charge in [-0.3, -0.25) is 4.68 Å². The van der Waals surface area contributed by atoms with Crippen LogP contribution in [-0.4, -0.2) is 28.9 Å². The van der Waals surface area contributed by atoms with Crippen molar-refractivity contribution in [3.8, 4) is 0 Å². The van der Waals surface area contributed by atoms with Gasteiger partial charge in [0.15, 0.2) is 0 Å². The fraction of sp³-hybridized carbons (Fsp3) is 0.625. The Bertz CT molecular complexity index is 243. The lowest BCUT2D eigenvalue weighted by Gasteiger charge is -2.01. The highest BCUT2D eigenvalue weighted by atomic mass is 35.5. The van der Waals surface area contributed by atoms with E-state index in [1.54, 1.807) is 10.9 Å². The summed E-state index contributed by atoms with van der Waals surface area (Å²) in [4.78, 5) is 0. The average molecular weight is 223 g/mol. The predicted octanol–water partition coefficient (Wildman–Crippen LogP) is 2.10. The smallest absolute Gasteiger partial charge is 0.0814 e. The highest BCUT2D eigenvalue weighted by Gasteiger charge is 2.00. The van der Waals surface area contributed by atoms with Crippen molar-refractivity contribution in [3.05, 3.63) is 16.9 Å². The van der Waals surface area contributed by atoms with Gasteiger partial charge in [0.05, 0.1) is 30.5 Å². The van der Waals surface area contributed by atoms with Crippen molar-refractivity contribution in [3.63, 3.8) is 0 Å². The molecule has 3 nitrogen and oxygen atoms in total. The Labute approximate surface area is 87.6 Å². The van der Waals surface area contributed by atoms with Crippen LogP contribution in [0, 0.1) is 6.92 Å². The number of nitrogens with zero attached hydrogens (tertiary/aromatic N) is 2. The summed E-state index contributed by atoms with van der Waals surface area (Å²) in [5, 5.41) is 4.87. The summed E-state index contributed by atoms with van der Waals surface area (Å²) in [6.45, 7) is 3.78. The molecule has 0 saturated heterocycles. The van der Waals surface area contributed by atoms with Crippen molar-refractivity contribution < 1.29 is 4.74 Å². The molecule has 0 N–H and O–H groups in total. The first-order chi connectivity index (χ1) is 6.24. The molecule has 1 aromatic rings. The van der Waals surface area contributed by atoms with E-state index < -0.39 is 0 Å². The van der Waals surface area contributed by atoms with Crippen LogP contribution in [0.2, 0.25) is 5.02 Å². The lowest BCUT2D eigenvalue weighted by molar-refractivity contribution is 0.138. The molecule has 1 heterocycles. The summed E-state index contributed by atoms with van der Waals surface area (Å²) < 4.78 is 6.97. The Morgan fingerprint density at radius 1 is 1.54 bits per heavy atom. The third kappa shape index (κ3) is 3.55. The van der Waals surface area contributed by atoms with E-state index in [1.807, 2.05) is 6.92 Å². The summed E-state index contributed by atoms with van der Waals surface area (Å²) in [6.07, 6.45) is 1.79. The molecule has 0 aliphatic rings. The van der Waals surface area contributed by atoms with E-state index in [0.29, 0.717) is 30.7 Å². The second-order valence-electron chi connectivity index (χ2n) is 2.63. The van der Waals surface area contributed by atoms with E-state index in [0.717, 1.165) is 5.69 Å². The molecule has 0 aromatic carbocycles. The zero-order valence-corrected chi connectivity index (χ0v) is 8.98. The quantitative estimate of drug-likeness (QED) is 0.564. The molecule has 1 aromatic heterocycles. The molecule has 0 saturated carbocycles. The molecule has 0 aliphatic heterocycles. The zero-order chi connectivity index (χ0) is 9.68. The predicted molar refractivity (Wildman–Crippen MR) is 53.5 cm³/mol. The number of rotatable bonds is 5. The SMILES string of the molecule is Cc1nn(CCOCCCl)cc1Cl. The van der Waals surface area contributed by atoms with E-state index in [2.05, 4.69) is 5.10 Å². The standard InChI is InChI=1S/C8H12Cl2N2O/c1-7-8(10)6-12(11-7)3-5-13-4-2-9/h6H,2-5H2,1H3. The number of hydrogen-bond donors (Lipinski definition) is 0. The van der Waals surface area contributed by atoms with Crippen LogP contribution in [0.25, 0.3) is 0 Å². The number of hydrogen-bond acceptors (Lipinski definition) is 2. The molecule has 0 unspecified atom stereocenters. The average Bonchev–Trinajstić information content (AvgIpc) is 2.41. The first kappa shape index (κ1) is 10.8. The van der Waals surface area contributed by atoms with Crippen molar-refractivity contribution in [2.45, 2.75) is 13.5 Å². The van der Waals surface area contributed by atoms with Crippen LogP contribution >= 0.6 is 23.2 Å². The summed E-state index contributed by atoms with van der Waals surface area (Å²) in [5.41, 5.74) is 0.846. The second-order valence-corrected chi connectivity index (χ2v) is 3.41. The molecule has 1 rings (SSSR count). The van der Waals surface area contributed by atoms with Crippen molar-refractivity contribution in [1.82, 2.24) is 9.78 Å². The molecular weight excluding hydrogens is 211 g/mol. The highest BCUT2D eigenvalue weighted by molar-refractivity contribution is 6.31. The van der Waals surface area contributed by atoms with Gasteiger partial charge in [-0.25, -0.2) is 0 Å². The van der Waals surface area contributed by atoms with Crippen molar-refractivity contribution in [1.29, 1.82) is 0 Å². The molecule has 5 heteroatoms. The number of aromatic nitrogens is 2. The van der Waals surface area contributed by atoms with Crippen LogP contribution in [0.15, 0.2) is 6.20 Å². The molecule has 0 amide bonds. The Kier molecular flexibility index (Phi) is 4.56. The number of alkyl halides is 1. The van der Waals surface area contributed by atoms with E-state index in [1.165, 1.54) is 0 Å². The fourth-order valence-corrected chi connectivity index (χ4v) is 1.18. The van der Waals surface area contributed by atoms with Gasteiger partial charge in [0, 0.05) is 12.1 Å². The van der Waals surface area contributed by atoms with Crippen molar-refractivity contribution in [2.75, 3.05) is 19.1 Å². The van der Waals surface area contributed by atoms with Crippen molar-refractivity contribution in [2.24, 2.45) is 0 Å². The molecule has 0 spiro atoms. The summed E-state index contributed by atoms with van der Waals surface area (Å²) in [7, 11) is 0. The fourth-order valence-electron chi connectivity index (χ4n) is 0.923. The molecule has 0 fully saturated rings. The molecule has 0 aliphatic carbocycles. The topological polar surface area (TPSA) is 27.1 Å². The maximum Gasteiger partial charge on any atom is 0.0814 e. The largest absolute Gasteiger partial charge is 0.378 e. The monoisotopic (exact) mass is 222 g/mol. The number of aryl methyl sites for hydroxylation is 1. The van der Waals surface area contributed by atoms with Crippen LogP contribution in [0.1, 0.15) is 5.69 Å². The number of halogens is 2. The lowest BCUT2D eigenvalue weighted by Crippen LogP contribution is -2.07. The van der Waals surface area contributed by atoms with Crippen LogP contribution in [0.5, 0.6) is 0 Å². The van der Waals surface area contributed by atoms with Gasteiger partial charge < -0.3 is 4.74 Å². The minimum Gasteiger partial charge on any atom is -0.378 e. The lowest BCUT2D eigenvalue weighted by atomic mass is 10.5. The van der Waals surface area contributed by atoms with E-state index in [9.17, 15) is 0 Å². The minimum absolute atomic E-state index is 0.527. The Balaban J connectivity index is 2.29. The zero-order valence-electron chi connectivity index (χ0n) is 7.46. The Morgan fingerprint density at radius 2 is 2.31 bits per heavy atom. The summed E-state index contributed by atoms with van der Waals surface area (Å²) in [6, 6.07) is 0. The van der Waals surface area contributed by atoms with Crippen molar-refractivity contribution >= 4 is 23.2 Å². The molecule has 13 heavy (non-hydrogen) atoms. The normalized spacial score (nSPS) is 10.7. The van der Waals surface area contributed by atoms with Crippen LogP contribution in [-0.2, 0) is 11.3 Å². The van der Waals surface area contributed by atoms with E-state index >= 15 is 0 Å². The van der Waals surface area contributed by atoms with Gasteiger partial charge in [-0.2, -0.15) is 5.10 Å². The van der Waals surface area contributed by atoms with E-state index in [4.69, 9.17) is 27.9 Å². The van der Waals surface area contributed by atoms with Gasteiger partial charge in [0.25, 0.3) is 0 Å². The van der Waals surface area contributed by atoms with Gasteiger partial charge in [-0.05, 0) is 6.92 Å². The third-order valence-electron chi connectivity index (χ3n) is 1.57. The van der Waals surface area contributed by atoms with Gasteiger partial charge in [-0.1, -0.05) is 11.6 Å². The van der Waals surface area contributed by atoms with Gasteiger partial charge >= 0.3 is 0 Å². The van der Waals surface area contributed by atoms with Gasteiger partial charge in [-0.15, -0.1) is 11.6 Å². The Morgan fingerprint density at radius 3 is 2.85 bits per heavy atom. The maximum absolute atomic E-state index is 5.82. The second kappa shape index (κ2) is 5.47. The minimum atomic E-state index is 0.527. The summed E-state index contributed by atoms with van der Waals surface area (Å²) in [5.74, 6) is 0.527. The van der Waals surface area contributed by atoms with Crippen LogP contribution in [0.4, 0.5) is 0 Å². The van der Waals surface area contributed by atoms with Crippen LogP contribution < -0.4 is 0 Å². The number of ether oxygens (including phenoxy) is 1. The maximum atomic E-state index is 5.82. The molecule has 0 bridgehead atoms. The first-order valence-electron chi connectivity index (χ1n) is 4.07. The molecular formula is C8H12Cl2N2O. The molecule has 0 atom stereocenters. The van der Waals surface area contributed by atoms with Gasteiger partial charge in [0.1, 0.15) is 0 Å².